The van der Waals surface area contributed by atoms with Crippen molar-refractivity contribution in [3.8, 4) is 5.75 Å². The van der Waals surface area contributed by atoms with E-state index in [4.69, 9.17) is 4.74 Å². The predicted molar refractivity (Wildman–Crippen MR) is 102 cm³/mol. The molecule has 0 bridgehead atoms. The minimum Gasteiger partial charge on any atom is -0.497 e. The zero-order valence-corrected chi connectivity index (χ0v) is 15.3. The molecule has 0 aliphatic rings. The van der Waals surface area contributed by atoms with Crippen LogP contribution < -0.4 is 10.3 Å². The molecule has 0 aliphatic carbocycles. The van der Waals surface area contributed by atoms with Crippen LogP contribution >= 0.6 is 0 Å². The van der Waals surface area contributed by atoms with E-state index >= 15 is 0 Å². The summed E-state index contributed by atoms with van der Waals surface area (Å²) >= 11 is 0. The van der Waals surface area contributed by atoms with Crippen LogP contribution in [0.5, 0.6) is 5.75 Å². The SMILES string of the molecule is COc1ccc(CN(Cc2ccccn2)C(=O)c2cccn(C)c2=O)cc1. The molecule has 3 rings (SSSR count). The van der Waals surface area contributed by atoms with Crippen molar-refractivity contribution in [2.75, 3.05) is 7.11 Å². The molecule has 2 heterocycles. The van der Waals surface area contributed by atoms with E-state index in [1.807, 2.05) is 42.5 Å². The lowest BCUT2D eigenvalue weighted by atomic mass is 10.1. The van der Waals surface area contributed by atoms with Crippen molar-refractivity contribution in [2.45, 2.75) is 13.1 Å². The fourth-order valence-corrected chi connectivity index (χ4v) is 2.77. The number of methoxy groups -OCH3 is 1. The van der Waals surface area contributed by atoms with E-state index in [1.165, 1.54) is 4.57 Å². The Labute approximate surface area is 157 Å². The molecular weight excluding hydrogens is 342 g/mol. The third kappa shape index (κ3) is 4.41. The van der Waals surface area contributed by atoms with Crippen LogP contribution in [-0.2, 0) is 20.1 Å². The Balaban J connectivity index is 1.92. The van der Waals surface area contributed by atoms with Gasteiger partial charge in [-0.25, -0.2) is 0 Å². The zero-order chi connectivity index (χ0) is 19.2. The molecule has 6 heteroatoms. The highest BCUT2D eigenvalue weighted by Crippen LogP contribution is 2.15. The van der Waals surface area contributed by atoms with Crippen molar-refractivity contribution >= 4 is 5.91 Å². The number of nitrogens with zero attached hydrogens (tertiary/aromatic N) is 3. The van der Waals surface area contributed by atoms with Gasteiger partial charge in [-0.2, -0.15) is 0 Å². The molecule has 2 aromatic heterocycles. The molecule has 138 valence electrons. The zero-order valence-electron chi connectivity index (χ0n) is 15.3. The average molecular weight is 363 g/mol. The van der Waals surface area contributed by atoms with Gasteiger partial charge in [0.1, 0.15) is 11.3 Å². The second kappa shape index (κ2) is 8.31. The largest absolute Gasteiger partial charge is 0.497 e. The number of carbonyl (C=O) groups excluding carboxylic acids is 1. The molecule has 6 nitrogen and oxygen atoms in total. The minimum absolute atomic E-state index is 0.143. The first-order valence-corrected chi connectivity index (χ1v) is 8.56. The van der Waals surface area contributed by atoms with Gasteiger partial charge in [0.15, 0.2) is 0 Å². The normalized spacial score (nSPS) is 10.4. The molecule has 3 aromatic rings. The fraction of sp³-hybridized carbons (Fsp3) is 0.190. The third-order valence-electron chi connectivity index (χ3n) is 4.25. The molecule has 0 saturated heterocycles. The summed E-state index contributed by atoms with van der Waals surface area (Å²) in [6.45, 7) is 0.668. The van der Waals surface area contributed by atoms with Crippen LogP contribution in [0.2, 0.25) is 0 Å². The Morgan fingerprint density at radius 1 is 1.07 bits per heavy atom. The number of benzene rings is 1. The van der Waals surface area contributed by atoms with Crippen molar-refractivity contribution in [2.24, 2.45) is 7.05 Å². The summed E-state index contributed by atoms with van der Waals surface area (Å²) < 4.78 is 6.58. The number of pyridine rings is 2. The molecule has 0 radical (unpaired) electrons. The van der Waals surface area contributed by atoms with Crippen LogP contribution in [0, 0.1) is 0 Å². The van der Waals surface area contributed by atoms with Crippen LogP contribution in [0.15, 0.2) is 71.8 Å². The summed E-state index contributed by atoms with van der Waals surface area (Å²) in [6, 6.07) is 16.3. The summed E-state index contributed by atoms with van der Waals surface area (Å²) in [4.78, 5) is 31.4. The maximum absolute atomic E-state index is 13.1. The number of aromatic nitrogens is 2. The standard InChI is InChI=1S/C21H21N3O3/c1-23-13-5-7-19(20(23)25)21(26)24(15-17-6-3-4-12-22-17)14-16-8-10-18(27-2)11-9-16/h3-13H,14-15H2,1-2H3. The van der Waals surface area contributed by atoms with Crippen molar-refractivity contribution < 1.29 is 9.53 Å². The van der Waals surface area contributed by atoms with Gasteiger partial charge in [-0.05, 0) is 42.0 Å². The summed E-state index contributed by atoms with van der Waals surface area (Å²) in [5.74, 6) is 0.427. The van der Waals surface area contributed by atoms with Crippen molar-refractivity contribution in [1.82, 2.24) is 14.5 Å². The monoisotopic (exact) mass is 363 g/mol. The van der Waals surface area contributed by atoms with E-state index in [0.29, 0.717) is 13.1 Å². The second-order valence-electron chi connectivity index (χ2n) is 6.17. The van der Waals surface area contributed by atoms with E-state index in [9.17, 15) is 9.59 Å². The average Bonchev–Trinajstić information content (AvgIpc) is 2.70. The number of amides is 1. The number of hydrogen-bond acceptors (Lipinski definition) is 4. The van der Waals surface area contributed by atoms with Gasteiger partial charge < -0.3 is 14.2 Å². The van der Waals surface area contributed by atoms with Crippen molar-refractivity contribution in [3.05, 3.63) is 94.2 Å². The Kier molecular flexibility index (Phi) is 5.66. The van der Waals surface area contributed by atoms with Gasteiger partial charge >= 0.3 is 0 Å². The highest BCUT2D eigenvalue weighted by atomic mass is 16.5. The minimum atomic E-state index is -0.322. The Hall–Kier alpha value is -3.41. The highest BCUT2D eigenvalue weighted by Gasteiger charge is 2.20. The summed E-state index contributed by atoms with van der Waals surface area (Å²) in [5.41, 5.74) is 1.52. The van der Waals surface area contributed by atoms with E-state index < -0.39 is 0 Å². The predicted octanol–water partition coefficient (Wildman–Crippen LogP) is 2.63. The van der Waals surface area contributed by atoms with Gasteiger partial charge in [0.2, 0.25) is 0 Å². The van der Waals surface area contributed by atoms with E-state index in [2.05, 4.69) is 4.98 Å². The molecule has 0 saturated carbocycles. The smallest absolute Gasteiger partial charge is 0.263 e. The summed E-state index contributed by atoms with van der Waals surface area (Å²) in [7, 11) is 3.24. The van der Waals surface area contributed by atoms with Gasteiger partial charge in [0, 0.05) is 26.0 Å². The quantitative estimate of drug-likeness (QED) is 0.675. The molecule has 27 heavy (non-hydrogen) atoms. The molecule has 0 spiro atoms. The molecule has 0 aliphatic heterocycles. The topological polar surface area (TPSA) is 64.4 Å². The summed E-state index contributed by atoms with van der Waals surface area (Å²) in [5, 5.41) is 0. The first-order valence-electron chi connectivity index (χ1n) is 8.56. The molecule has 0 atom stereocenters. The molecule has 0 unspecified atom stereocenters. The molecule has 1 amide bonds. The van der Waals surface area contributed by atoms with Crippen molar-refractivity contribution in [1.29, 1.82) is 0 Å². The summed E-state index contributed by atoms with van der Waals surface area (Å²) in [6.07, 6.45) is 3.32. The Morgan fingerprint density at radius 3 is 2.52 bits per heavy atom. The molecule has 0 fully saturated rings. The third-order valence-corrected chi connectivity index (χ3v) is 4.25. The van der Waals surface area contributed by atoms with E-state index in [-0.39, 0.29) is 17.0 Å². The Morgan fingerprint density at radius 2 is 1.85 bits per heavy atom. The van der Waals surface area contributed by atoms with Gasteiger partial charge in [0.25, 0.3) is 11.5 Å². The Bertz CT molecular complexity index is 966. The van der Waals surface area contributed by atoms with Crippen LogP contribution in [0.25, 0.3) is 0 Å². The van der Waals surface area contributed by atoms with E-state index in [1.54, 1.807) is 43.6 Å². The maximum atomic E-state index is 13.1. The lowest BCUT2D eigenvalue weighted by Gasteiger charge is -2.22. The van der Waals surface area contributed by atoms with Crippen LogP contribution in [-0.4, -0.2) is 27.5 Å². The second-order valence-corrected chi connectivity index (χ2v) is 6.17. The number of aryl methyl sites for hydroxylation is 1. The lowest BCUT2D eigenvalue weighted by molar-refractivity contribution is 0.0725. The number of rotatable bonds is 6. The van der Waals surface area contributed by atoms with Gasteiger partial charge in [-0.3, -0.25) is 14.6 Å². The first-order chi connectivity index (χ1) is 13.1. The maximum Gasteiger partial charge on any atom is 0.263 e. The molecule has 1 aromatic carbocycles. The number of carbonyl (C=O) groups is 1. The van der Waals surface area contributed by atoms with Crippen LogP contribution in [0.4, 0.5) is 0 Å². The lowest BCUT2D eigenvalue weighted by Crippen LogP contribution is -2.35. The number of hydrogen-bond donors (Lipinski definition) is 0. The fourth-order valence-electron chi connectivity index (χ4n) is 2.77. The van der Waals surface area contributed by atoms with Gasteiger partial charge in [-0.1, -0.05) is 18.2 Å². The molecular formula is C21H21N3O3. The van der Waals surface area contributed by atoms with Gasteiger partial charge in [0.05, 0.1) is 19.3 Å². The van der Waals surface area contributed by atoms with Crippen LogP contribution in [0.3, 0.4) is 0 Å². The van der Waals surface area contributed by atoms with Gasteiger partial charge in [-0.15, -0.1) is 0 Å². The number of ether oxygens (including phenoxy) is 1. The van der Waals surface area contributed by atoms with Crippen molar-refractivity contribution in [3.63, 3.8) is 0 Å². The first kappa shape index (κ1) is 18.4. The van der Waals surface area contributed by atoms with E-state index in [0.717, 1.165) is 17.0 Å². The highest BCUT2D eigenvalue weighted by molar-refractivity contribution is 5.93. The van der Waals surface area contributed by atoms with Crippen LogP contribution in [0.1, 0.15) is 21.6 Å². The molecule has 0 N–H and O–H groups in total.